The molecule has 6 nitrogen and oxygen atoms in total. The molecular formula is C18H20F3N3O3. The zero-order valence-corrected chi connectivity index (χ0v) is 14.6. The average Bonchev–Trinajstić information content (AvgIpc) is 3.36. The summed E-state index contributed by atoms with van der Waals surface area (Å²) in [5.74, 6) is -0.789. The molecule has 4 rings (SSSR count). The highest BCUT2D eigenvalue weighted by molar-refractivity contribution is 5.97. The number of amides is 2. The van der Waals surface area contributed by atoms with Gasteiger partial charge in [0.1, 0.15) is 17.4 Å². The largest absolute Gasteiger partial charge is 0.433 e. The number of nitrogens with zero attached hydrogens (tertiary/aromatic N) is 3. The molecule has 1 aromatic heterocycles. The highest BCUT2D eigenvalue weighted by Crippen LogP contribution is 2.36. The molecule has 0 aromatic carbocycles. The first-order valence-corrected chi connectivity index (χ1v) is 9.13. The fraction of sp³-hybridized carbons (Fsp3) is 0.611. The normalized spacial score (nSPS) is 27.9. The minimum atomic E-state index is -4.63. The summed E-state index contributed by atoms with van der Waals surface area (Å²) >= 11 is 0. The van der Waals surface area contributed by atoms with Crippen molar-refractivity contribution in [3.05, 3.63) is 29.6 Å². The Kier molecular flexibility index (Phi) is 4.57. The molecule has 9 heteroatoms. The van der Waals surface area contributed by atoms with Crippen molar-refractivity contribution in [2.75, 3.05) is 19.7 Å². The highest BCUT2D eigenvalue weighted by atomic mass is 19.4. The number of fused-ring (bicyclic) bond motifs is 1. The number of rotatable bonds is 2. The minimum absolute atomic E-state index is 0.147. The number of ether oxygens (including phenoxy) is 1. The predicted molar refractivity (Wildman–Crippen MR) is 87.8 cm³/mol. The van der Waals surface area contributed by atoms with Crippen LogP contribution in [-0.2, 0) is 15.7 Å². The van der Waals surface area contributed by atoms with Crippen molar-refractivity contribution < 1.29 is 27.5 Å². The molecule has 4 heterocycles. The van der Waals surface area contributed by atoms with E-state index in [0.29, 0.717) is 32.5 Å². The number of alkyl halides is 3. The first-order chi connectivity index (χ1) is 12.9. The van der Waals surface area contributed by atoms with Crippen LogP contribution in [0.5, 0.6) is 0 Å². The van der Waals surface area contributed by atoms with Crippen LogP contribution in [0.2, 0.25) is 0 Å². The van der Waals surface area contributed by atoms with E-state index in [1.165, 1.54) is 17.0 Å². The number of likely N-dealkylation sites (tertiary alicyclic amines) is 2. The Morgan fingerprint density at radius 2 is 1.93 bits per heavy atom. The zero-order chi connectivity index (χ0) is 19.2. The lowest BCUT2D eigenvalue weighted by Gasteiger charge is -2.30. The maximum Gasteiger partial charge on any atom is 0.433 e. The summed E-state index contributed by atoms with van der Waals surface area (Å²) in [6.45, 7) is 1.77. The van der Waals surface area contributed by atoms with Crippen LogP contribution >= 0.6 is 0 Å². The number of halogens is 3. The number of aromatic nitrogens is 1. The topological polar surface area (TPSA) is 62.7 Å². The van der Waals surface area contributed by atoms with Gasteiger partial charge in [0.25, 0.3) is 5.91 Å². The van der Waals surface area contributed by atoms with Crippen molar-refractivity contribution in [1.82, 2.24) is 14.8 Å². The van der Waals surface area contributed by atoms with E-state index in [-0.39, 0.29) is 23.7 Å². The fourth-order valence-electron chi connectivity index (χ4n) is 4.25. The van der Waals surface area contributed by atoms with Gasteiger partial charge in [0.05, 0.1) is 12.1 Å². The standard InChI is InChI=1S/C18H20F3N3O3/c19-18(20,21)15-5-3-4-11(22-15)16(25)24-12-6-9-27-14(12)10-13(24)17(26)23-7-1-2-8-23/h3-5,12-14H,1-2,6-10H2/t12-,13-,14-/m0/s1. The van der Waals surface area contributed by atoms with Gasteiger partial charge >= 0.3 is 6.18 Å². The third-order valence-corrected chi connectivity index (χ3v) is 5.52. The first-order valence-electron chi connectivity index (χ1n) is 9.13. The van der Waals surface area contributed by atoms with E-state index in [4.69, 9.17) is 4.74 Å². The molecule has 146 valence electrons. The number of pyridine rings is 1. The summed E-state index contributed by atoms with van der Waals surface area (Å²) in [5, 5.41) is 0. The second-order valence-electron chi connectivity index (χ2n) is 7.17. The Morgan fingerprint density at radius 3 is 2.63 bits per heavy atom. The molecule has 0 saturated carbocycles. The molecule has 1 aromatic rings. The quantitative estimate of drug-likeness (QED) is 0.785. The third-order valence-electron chi connectivity index (χ3n) is 5.52. The Balaban J connectivity index is 1.64. The van der Waals surface area contributed by atoms with Gasteiger partial charge in [-0.3, -0.25) is 9.59 Å². The van der Waals surface area contributed by atoms with Gasteiger partial charge in [0, 0.05) is 26.1 Å². The van der Waals surface area contributed by atoms with Crippen molar-refractivity contribution in [2.24, 2.45) is 0 Å². The Morgan fingerprint density at radius 1 is 1.19 bits per heavy atom. The first kappa shape index (κ1) is 18.2. The van der Waals surface area contributed by atoms with Crippen molar-refractivity contribution in [3.8, 4) is 0 Å². The molecule has 3 atom stereocenters. The fourth-order valence-corrected chi connectivity index (χ4v) is 4.25. The van der Waals surface area contributed by atoms with Gasteiger partial charge in [-0.15, -0.1) is 0 Å². The van der Waals surface area contributed by atoms with Gasteiger partial charge < -0.3 is 14.5 Å². The molecule has 0 aliphatic carbocycles. The van der Waals surface area contributed by atoms with Crippen LogP contribution in [0.25, 0.3) is 0 Å². The monoisotopic (exact) mass is 383 g/mol. The lowest BCUT2D eigenvalue weighted by Crippen LogP contribution is -2.50. The summed E-state index contributed by atoms with van der Waals surface area (Å²) in [5.41, 5.74) is -1.41. The molecule has 3 aliphatic rings. The maximum atomic E-state index is 13.1. The lowest BCUT2D eigenvalue weighted by molar-refractivity contribution is -0.141. The molecule has 0 bridgehead atoms. The van der Waals surface area contributed by atoms with Crippen molar-refractivity contribution in [3.63, 3.8) is 0 Å². The van der Waals surface area contributed by atoms with Crippen LogP contribution in [0.3, 0.4) is 0 Å². The van der Waals surface area contributed by atoms with Crippen LogP contribution in [0, 0.1) is 0 Å². The van der Waals surface area contributed by atoms with Crippen molar-refractivity contribution in [2.45, 2.75) is 50.0 Å². The van der Waals surface area contributed by atoms with E-state index in [0.717, 1.165) is 18.9 Å². The Hall–Kier alpha value is -2.16. The summed E-state index contributed by atoms with van der Waals surface area (Å²) in [6.07, 6.45) is -2.10. The van der Waals surface area contributed by atoms with Gasteiger partial charge in [-0.05, 0) is 31.4 Å². The van der Waals surface area contributed by atoms with Gasteiger partial charge in [-0.1, -0.05) is 6.07 Å². The minimum Gasteiger partial charge on any atom is -0.376 e. The molecule has 3 saturated heterocycles. The molecule has 27 heavy (non-hydrogen) atoms. The molecule has 3 aliphatic heterocycles. The predicted octanol–water partition coefficient (Wildman–Crippen LogP) is 2.09. The Bertz CT molecular complexity index is 749. The molecule has 0 unspecified atom stereocenters. The lowest BCUT2D eigenvalue weighted by atomic mass is 10.1. The molecule has 0 spiro atoms. The number of carbonyl (C=O) groups is 2. The SMILES string of the molecule is O=C([C@@H]1C[C@@H]2OCC[C@@H]2N1C(=O)c1cccc(C(F)(F)F)n1)N1CCCC1. The smallest absolute Gasteiger partial charge is 0.376 e. The summed E-state index contributed by atoms with van der Waals surface area (Å²) in [4.78, 5) is 32.7. The van der Waals surface area contributed by atoms with Crippen LogP contribution in [0.1, 0.15) is 41.9 Å². The zero-order valence-electron chi connectivity index (χ0n) is 14.6. The number of hydrogen-bond donors (Lipinski definition) is 0. The molecule has 2 amide bonds. The van der Waals surface area contributed by atoms with E-state index < -0.39 is 23.8 Å². The maximum absolute atomic E-state index is 13.1. The molecular weight excluding hydrogens is 363 g/mol. The van der Waals surface area contributed by atoms with Gasteiger partial charge in [-0.2, -0.15) is 13.2 Å². The van der Waals surface area contributed by atoms with E-state index in [1.807, 2.05) is 0 Å². The molecule has 3 fully saturated rings. The van der Waals surface area contributed by atoms with E-state index in [2.05, 4.69) is 4.98 Å². The van der Waals surface area contributed by atoms with Crippen LogP contribution in [-0.4, -0.2) is 64.5 Å². The number of carbonyl (C=O) groups excluding carboxylic acids is 2. The van der Waals surface area contributed by atoms with Crippen molar-refractivity contribution >= 4 is 11.8 Å². The second-order valence-corrected chi connectivity index (χ2v) is 7.17. The van der Waals surface area contributed by atoms with E-state index >= 15 is 0 Å². The van der Waals surface area contributed by atoms with Gasteiger partial charge in [-0.25, -0.2) is 4.98 Å². The number of hydrogen-bond acceptors (Lipinski definition) is 4. The van der Waals surface area contributed by atoms with E-state index in [9.17, 15) is 22.8 Å². The third kappa shape index (κ3) is 3.28. The molecule has 0 N–H and O–H groups in total. The van der Waals surface area contributed by atoms with Crippen molar-refractivity contribution in [1.29, 1.82) is 0 Å². The second kappa shape index (κ2) is 6.78. The van der Waals surface area contributed by atoms with Crippen LogP contribution in [0.15, 0.2) is 18.2 Å². The summed E-state index contributed by atoms with van der Waals surface area (Å²) in [7, 11) is 0. The summed E-state index contributed by atoms with van der Waals surface area (Å²) < 4.78 is 44.5. The van der Waals surface area contributed by atoms with Crippen LogP contribution in [0.4, 0.5) is 13.2 Å². The van der Waals surface area contributed by atoms with Gasteiger partial charge in [0.2, 0.25) is 5.91 Å². The van der Waals surface area contributed by atoms with E-state index in [1.54, 1.807) is 4.90 Å². The molecule has 0 radical (unpaired) electrons. The Labute approximate surface area is 154 Å². The summed E-state index contributed by atoms with van der Waals surface area (Å²) in [6, 6.07) is 2.25. The average molecular weight is 383 g/mol. The van der Waals surface area contributed by atoms with Crippen LogP contribution < -0.4 is 0 Å². The van der Waals surface area contributed by atoms with Gasteiger partial charge in [0.15, 0.2) is 0 Å². The highest BCUT2D eigenvalue weighted by Gasteiger charge is 2.51.